The summed E-state index contributed by atoms with van der Waals surface area (Å²) in [6.45, 7) is 1.72. The average molecular weight is 190 g/mol. The van der Waals surface area contributed by atoms with Crippen LogP contribution in [0.4, 0.5) is 0 Å². The third-order valence-corrected chi connectivity index (χ3v) is 1.85. The number of nitrogens with zero attached hydrogens (tertiary/aromatic N) is 1. The molecule has 0 bridgehead atoms. The van der Waals surface area contributed by atoms with Gasteiger partial charge < -0.3 is 10.2 Å². The maximum absolute atomic E-state index is 4.84. The van der Waals surface area contributed by atoms with Crippen LogP contribution in [0.1, 0.15) is 0 Å². The summed E-state index contributed by atoms with van der Waals surface area (Å²) in [7, 11) is 3.83. The number of hydrogen-bond acceptors (Lipinski definition) is 2. The van der Waals surface area contributed by atoms with Crippen molar-refractivity contribution in [3.63, 3.8) is 0 Å². The monoisotopic (exact) mass is 190 g/mol. The quantitative estimate of drug-likeness (QED) is 0.389. The van der Waals surface area contributed by atoms with E-state index in [4.69, 9.17) is 12.2 Å². The Balaban J connectivity index is 3.44. The molecule has 0 radical (unpaired) electrons. The standard InChI is InChI=1S/C7H14N2S2/c1-8-5-3-4-6-9(2)7(10)11/h3-4,8H,5-6H2,1-2H3,(H,10,11). The molecule has 0 heterocycles. The van der Waals surface area contributed by atoms with Crippen molar-refractivity contribution < 1.29 is 0 Å². The molecule has 2 nitrogen and oxygen atoms in total. The van der Waals surface area contributed by atoms with Crippen LogP contribution in [0.2, 0.25) is 0 Å². The lowest BCUT2D eigenvalue weighted by atomic mass is 10.4. The zero-order valence-electron chi connectivity index (χ0n) is 6.87. The van der Waals surface area contributed by atoms with E-state index in [9.17, 15) is 0 Å². The zero-order chi connectivity index (χ0) is 8.69. The lowest BCUT2D eigenvalue weighted by molar-refractivity contribution is 0.585. The molecule has 1 N–H and O–H groups in total. The summed E-state index contributed by atoms with van der Waals surface area (Å²) in [5.74, 6) is 0. The second-order valence-corrected chi connectivity index (χ2v) is 3.31. The molecule has 0 saturated carbocycles. The number of likely N-dealkylation sites (N-methyl/N-ethyl adjacent to an activating group) is 2. The Bertz CT molecular complexity index is 145. The molecule has 0 aliphatic rings. The highest BCUT2D eigenvalue weighted by molar-refractivity contribution is 8.10. The SMILES string of the molecule is CNCC=CCN(C)C(=S)S. The molecule has 0 fully saturated rings. The molecular weight excluding hydrogens is 176 g/mol. The van der Waals surface area contributed by atoms with Gasteiger partial charge in [0.25, 0.3) is 0 Å². The van der Waals surface area contributed by atoms with E-state index in [1.54, 1.807) is 0 Å². The molecule has 0 aliphatic carbocycles. The Morgan fingerprint density at radius 1 is 1.64 bits per heavy atom. The first-order chi connectivity index (χ1) is 5.18. The van der Waals surface area contributed by atoms with Gasteiger partial charge in [-0.05, 0) is 7.05 Å². The largest absolute Gasteiger partial charge is 0.357 e. The Hall–Kier alpha value is -0.0600. The van der Waals surface area contributed by atoms with Gasteiger partial charge in [0.05, 0.1) is 0 Å². The number of thiocarbonyl (C=S) groups is 1. The third-order valence-electron chi connectivity index (χ3n) is 1.19. The first kappa shape index (κ1) is 10.9. The van der Waals surface area contributed by atoms with Gasteiger partial charge in [0.15, 0.2) is 0 Å². The first-order valence-electron chi connectivity index (χ1n) is 3.42. The number of thiol groups is 1. The van der Waals surface area contributed by atoms with E-state index in [1.165, 1.54) is 0 Å². The number of rotatable bonds is 4. The Kier molecular flexibility index (Phi) is 6.60. The topological polar surface area (TPSA) is 15.3 Å². The molecule has 0 atom stereocenters. The summed E-state index contributed by atoms with van der Waals surface area (Å²) in [5, 5.41) is 3.01. The summed E-state index contributed by atoms with van der Waals surface area (Å²) in [5.41, 5.74) is 0. The van der Waals surface area contributed by atoms with Crippen molar-refractivity contribution in [2.45, 2.75) is 0 Å². The van der Waals surface area contributed by atoms with Gasteiger partial charge in [0.2, 0.25) is 0 Å². The van der Waals surface area contributed by atoms with Crippen LogP contribution < -0.4 is 5.32 Å². The van der Waals surface area contributed by atoms with Crippen molar-refractivity contribution >= 4 is 29.2 Å². The summed E-state index contributed by atoms with van der Waals surface area (Å²) in [4.78, 5) is 1.89. The van der Waals surface area contributed by atoms with Crippen LogP contribution in [-0.2, 0) is 0 Å². The molecule has 0 saturated heterocycles. The van der Waals surface area contributed by atoms with E-state index in [1.807, 2.05) is 19.0 Å². The fourth-order valence-electron chi connectivity index (χ4n) is 0.512. The van der Waals surface area contributed by atoms with Gasteiger partial charge >= 0.3 is 0 Å². The van der Waals surface area contributed by atoms with E-state index in [0.29, 0.717) is 4.32 Å². The Morgan fingerprint density at radius 3 is 2.73 bits per heavy atom. The van der Waals surface area contributed by atoms with Crippen molar-refractivity contribution in [1.29, 1.82) is 0 Å². The van der Waals surface area contributed by atoms with Gasteiger partial charge in [0, 0.05) is 20.1 Å². The van der Waals surface area contributed by atoms with E-state index in [0.717, 1.165) is 13.1 Å². The lowest BCUT2D eigenvalue weighted by Crippen LogP contribution is -2.20. The highest BCUT2D eigenvalue weighted by atomic mass is 32.1. The molecule has 11 heavy (non-hydrogen) atoms. The summed E-state index contributed by atoms with van der Waals surface area (Å²) < 4.78 is 0.624. The Morgan fingerprint density at radius 2 is 2.27 bits per heavy atom. The van der Waals surface area contributed by atoms with Gasteiger partial charge in [-0.15, -0.1) is 12.6 Å². The van der Waals surface area contributed by atoms with Crippen molar-refractivity contribution in [3.8, 4) is 0 Å². The summed E-state index contributed by atoms with van der Waals surface area (Å²) in [6, 6.07) is 0. The fraction of sp³-hybridized carbons (Fsp3) is 0.571. The van der Waals surface area contributed by atoms with E-state index in [-0.39, 0.29) is 0 Å². The number of nitrogens with one attached hydrogen (secondary N) is 1. The minimum atomic E-state index is 0.624. The predicted octanol–water partition coefficient (Wildman–Crippen LogP) is 0.909. The van der Waals surface area contributed by atoms with Crippen LogP contribution in [0.3, 0.4) is 0 Å². The molecule has 4 heteroatoms. The normalized spacial score (nSPS) is 10.5. The highest BCUT2D eigenvalue weighted by Crippen LogP contribution is 1.91. The summed E-state index contributed by atoms with van der Waals surface area (Å²) >= 11 is 8.86. The molecule has 0 aromatic heterocycles. The minimum absolute atomic E-state index is 0.624. The highest BCUT2D eigenvalue weighted by Gasteiger charge is 1.93. The predicted molar refractivity (Wildman–Crippen MR) is 57.3 cm³/mol. The molecule has 0 spiro atoms. The van der Waals surface area contributed by atoms with Crippen LogP contribution in [0, 0.1) is 0 Å². The lowest BCUT2D eigenvalue weighted by Gasteiger charge is -2.12. The van der Waals surface area contributed by atoms with Crippen molar-refractivity contribution in [1.82, 2.24) is 10.2 Å². The molecular formula is C7H14N2S2. The fourth-order valence-corrected chi connectivity index (χ4v) is 0.668. The van der Waals surface area contributed by atoms with Gasteiger partial charge in [-0.25, -0.2) is 0 Å². The minimum Gasteiger partial charge on any atom is -0.357 e. The third kappa shape index (κ3) is 6.34. The maximum Gasteiger partial charge on any atom is 0.133 e. The first-order valence-corrected chi connectivity index (χ1v) is 4.27. The molecule has 0 aromatic carbocycles. The van der Waals surface area contributed by atoms with E-state index >= 15 is 0 Å². The van der Waals surface area contributed by atoms with Crippen molar-refractivity contribution in [2.75, 3.05) is 27.2 Å². The second-order valence-electron chi connectivity index (χ2n) is 2.19. The van der Waals surface area contributed by atoms with Gasteiger partial charge in [0.1, 0.15) is 4.32 Å². The van der Waals surface area contributed by atoms with Crippen LogP contribution in [0.15, 0.2) is 12.2 Å². The molecule has 0 rings (SSSR count). The molecule has 64 valence electrons. The molecule has 0 aliphatic heterocycles. The molecule has 0 unspecified atom stereocenters. The summed E-state index contributed by atoms with van der Waals surface area (Å²) in [6.07, 6.45) is 4.11. The van der Waals surface area contributed by atoms with E-state index in [2.05, 4.69) is 30.1 Å². The smallest absolute Gasteiger partial charge is 0.133 e. The number of hydrogen-bond donors (Lipinski definition) is 2. The molecule has 0 aromatic rings. The van der Waals surface area contributed by atoms with Gasteiger partial charge in [-0.1, -0.05) is 24.4 Å². The van der Waals surface area contributed by atoms with Crippen LogP contribution in [-0.4, -0.2) is 36.4 Å². The van der Waals surface area contributed by atoms with Crippen molar-refractivity contribution in [2.24, 2.45) is 0 Å². The van der Waals surface area contributed by atoms with E-state index < -0.39 is 0 Å². The zero-order valence-corrected chi connectivity index (χ0v) is 8.58. The Labute approximate surface area is 79.1 Å². The average Bonchev–Trinajstić information content (AvgIpc) is 1.97. The van der Waals surface area contributed by atoms with Gasteiger partial charge in [-0.3, -0.25) is 0 Å². The second kappa shape index (κ2) is 6.64. The van der Waals surface area contributed by atoms with Gasteiger partial charge in [-0.2, -0.15) is 0 Å². The van der Waals surface area contributed by atoms with Crippen LogP contribution >= 0.6 is 24.8 Å². The maximum atomic E-state index is 4.84. The molecule has 0 amide bonds. The van der Waals surface area contributed by atoms with Crippen LogP contribution in [0.25, 0.3) is 0 Å². The van der Waals surface area contributed by atoms with Crippen molar-refractivity contribution in [3.05, 3.63) is 12.2 Å². The van der Waals surface area contributed by atoms with Crippen LogP contribution in [0.5, 0.6) is 0 Å².